The molecule has 0 spiro atoms. The topological polar surface area (TPSA) is 98.5 Å². The van der Waals surface area contributed by atoms with Crippen molar-refractivity contribution in [1.29, 1.82) is 0 Å². The molecular weight excluding hydrogens is 467 g/mol. The minimum Gasteiger partial charge on any atom is -0.421 e. The number of non-ortho nitro benzene ring substituents is 1. The summed E-state index contributed by atoms with van der Waals surface area (Å²) >= 11 is 18.6. The number of carbonyl (C=O) groups excluding carboxylic acids is 2. The second-order valence-corrected chi connectivity index (χ2v) is 7.40. The molecule has 31 heavy (non-hydrogen) atoms. The zero-order valence-corrected chi connectivity index (χ0v) is 17.9. The highest BCUT2D eigenvalue weighted by Gasteiger charge is 2.22. The van der Waals surface area contributed by atoms with Gasteiger partial charge in [0.15, 0.2) is 5.75 Å². The third-order valence-corrected chi connectivity index (χ3v) is 5.28. The predicted molar refractivity (Wildman–Crippen MR) is 117 cm³/mol. The number of amides is 1. The number of nitrogens with one attached hydrogen (secondary N) is 1. The molecular formula is C21H13Cl3N2O5. The Morgan fingerprint density at radius 1 is 0.935 bits per heavy atom. The first-order valence-electron chi connectivity index (χ1n) is 8.74. The average molecular weight is 480 g/mol. The molecule has 1 N–H and O–H groups in total. The van der Waals surface area contributed by atoms with Gasteiger partial charge < -0.3 is 10.1 Å². The smallest absolute Gasteiger partial charge is 0.343 e. The van der Waals surface area contributed by atoms with Crippen molar-refractivity contribution in [1.82, 2.24) is 5.32 Å². The quantitative estimate of drug-likeness (QED) is 0.161. The fraction of sp³-hybridized carbons (Fsp3) is 0.0476. The first-order valence-corrected chi connectivity index (χ1v) is 9.87. The Labute approximate surface area is 191 Å². The molecule has 0 aliphatic rings. The van der Waals surface area contributed by atoms with E-state index in [0.29, 0.717) is 5.56 Å². The van der Waals surface area contributed by atoms with Crippen LogP contribution in [0.2, 0.25) is 15.1 Å². The molecule has 0 aromatic heterocycles. The Balaban J connectivity index is 1.89. The monoisotopic (exact) mass is 478 g/mol. The molecule has 1 amide bonds. The van der Waals surface area contributed by atoms with Gasteiger partial charge in [-0.15, -0.1) is 0 Å². The van der Waals surface area contributed by atoms with E-state index in [4.69, 9.17) is 39.5 Å². The lowest BCUT2D eigenvalue weighted by molar-refractivity contribution is -0.384. The van der Waals surface area contributed by atoms with Crippen molar-refractivity contribution >= 4 is 52.4 Å². The normalized spacial score (nSPS) is 10.4. The zero-order chi connectivity index (χ0) is 22.5. The second kappa shape index (κ2) is 9.78. The van der Waals surface area contributed by atoms with E-state index in [2.05, 4.69) is 5.32 Å². The van der Waals surface area contributed by atoms with Gasteiger partial charge in [-0.2, -0.15) is 0 Å². The molecule has 158 valence electrons. The molecule has 0 aliphatic carbocycles. The van der Waals surface area contributed by atoms with E-state index < -0.39 is 10.9 Å². The summed E-state index contributed by atoms with van der Waals surface area (Å²) in [5, 5.41) is 13.7. The number of esters is 1. The van der Waals surface area contributed by atoms with Gasteiger partial charge in [0.05, 0.1) is 25.6 Å². The number of nitro groups is 1. The van der Waals surface area contributed by atoms with Crippen LogP contribution in [0.25, 0.3) is 0 Å². The van der Waals surface area contributed by atoms with E-state index in [1.165, 1.54) is 24.3 Å². The van der Waals surface area contributed by atoms with Crippen LogP contribution in [0.1, 0.15) is 26.3 Å². The lowest BCUT2D eigenvalue weighted by Gasteiger charge is -2.15. The van der Waals surface area contributed by atoms with Crippen molar-refractivity contribution < 1.29 is 19.2 Å². The molecule has 10 heteroatoms. The summed E-state index contributed by atoms with van der Waals surface area (Å²) in [7, 11) is 0. The van der Waals surface area contributed by atoms with E-state index in [-0.39, 0.29) is 50.1 Å². The number of ether oxygens (including phenoxy) is 1. The number of hydrogen-bond acceptors (Lipinski definition) is 5. The number of hydrogen-bond donors (Lipinski definition) is 1. The SMILES string of the molecule is O=C(NCc1c(Cl)c(Cl)cc(Cl)c1OC(=O)c1cccc([N+](=O)[O-])c1)c1ccccc1. The fourth-order valence-corrected chi connectivity index (χ4v) is 3.40. The van der Waals surface area contributed by atoms with Gasteiger partial charge in [0.2, 0.25) is 0 Å². The van der Waals surface area contributed by atoms with Crippen molar-refractivity contribution in [2.75, 3.05) is 0 Å². The van der Waals surface area contributed by atoms with Gasteiger partial charge in [-0.1, -0.05) is 59.1 Å². The van der Waals surface area contributed by atoms with Crippen molar-refractivity contribution in [3.8, 4) is 5.75 Å². The summed E-state index contributed by atoms with van der Waals surface area (Å²) in [5.41, 5.74) is 0.268. The van der Waals surface area contributed by atoms with Gasteiger partial charge in [0.1, 0.15) is 0 Å². The first kappa shape index (κ1) is 22.6. The number of carbonyl (C=O) groups is 2. The average Bonchev–Trinajstić information content (AvgIpc) is 2.77. The van der Waals surface area contributed by atoms with Gasteiger partial charge in [0, 0.05) is 29.8 Å². The third-order valence-electron chi connectivity index (χ3n) is 4.17. The number of nitro benzene ring substituents is 1. The molecule has 0 saturated carbocycles. The lowest BCUT2D eigenvalue weighted by atomic mass is 10.1. The van der Waals surface area contributed by atoms with Gasteiger partial charge in [-0.25, -0.2) is 4.79 Å². The highest BCUT2D eigenvalue weighted by atomic mass is 35.5. The minimum atomic E-state index is -0.889. The molecule has 0 atom stereocenters. The van der Waals surface area contributed by atoms with E-state index in [0.717, 1.165) is 6.07 Å². The van der Waals surface area contributed by atoms with Crippen LogP contribution >= 0.6 is 34.8 Å². The number of benzene rings is 3. The molecule has 0 aliphatic heterocycles. The van der Waals surface area contributed by atoms with Crippen LogP contribution in [0, 0.1) is 10.1 Å². The molecule has 3 aromatic rings. The van der Waals surface area contributed by atoms with Crippen molar-refractivity contribution in [2.45, 2.75) is 6.54 Å². The lowest BCUT2D eigenvalue weighted by Crippen LogP contribution is -2.23. The van der Waals surface area contributed by atoms with Gasteiger partial charge in [-0.3, -0.25) is 14.9 Å². The summed E-state index contributed by atoms with van der Waals surface area (Å²) < 4.78 is 5.38. The molecule has 0 saturated heterocycles. The van der Waals surface area contributed by atoms with Gasteiger partial charge in [-0.05, 0) is 24.3 Å². The second-order valence-electron chi connectivity index (χ2n) is 6.21. The summed E-state index contributed by atoms with van der Waals surface area (Å²) in [6.45, 7) is -0.135. The van der Waals surface area contributed by atoms with E-state index >= 15 is 0 Å². The zero-order valence-electron chi connectivity index (χ0n) is 15.6. The Bertz CT molecular complexity index is 1170. The van der Waals surface area contributed by atoms with Crippen LogP contribution in [0.5, 0.6) is 5.75 Å². The van der Waals surface area contributed by atoms with Crippen LogP contribution in [0.4, 0.5) is 5.69 Å². The van der Waals surface area contributed by atoms with Crippen molar-refractivity contribution in [2.24, 2.45) is 0 Å². The molecule has 7 nitrogen and oxygen atoms in total. The molecule has 3 rings (SSSR count). The minimum absolute atomic E-state index is 0.0165. The van der Waals surface area contributed by atoms with E-state index in [1.54, 1.807) is 30.3 Å². The van der Waals surface area contributed by atoms with Crippen LogP contribution in [0.15, 0.2) is 60.7 Å². The number of halogens is 3. The maximum absolute atomic E-state index is 12.6. The Morgan fingerprint density at radius 2 is 1.61 bits per heavy atom. The molecule has 0 radical (unpaired) electrons. The van der Waals surface area contributed by atoms with Crippen LogP contribution in [-0.2, 0) is 6.54 Å². The summed E-state index contributed by atoms with van der Waals surface area (Å²) in [6.07, 6.45) is 0. The highest BCUT2D eigenvalue weighted by molar-refractivity contribution is 6.44. The third kappa shape index (κ3) is 5.32. The van der Waals surface area contributed by atoms with Crippen LogP contribution in [0.3, 0.4) is 0 Å². The summed E-state index contributed by atoms with van der Waals surface area (Å²) in [6, 6.07) is 14.8. The van der Waals surface area contributed by atoms with E-state index in [9.17, 15) is 19.7 Å². The number of nitrogens with zero attached hydrogens (tertiary/aromatic N) is 1. The Kier molecular flexibility index (Phi) is 7.12. The Hall–Kier alpha value is -3.13. The van der Waals surface area contributed by atoms with Crippen LogP contribution < -0.4 is 10.1 Å². The van der Waals surface area contributed by atoms with Gasteiger partial charge >= 0.3 is 5.97 Å². The standard InChI is InChI=1S/C21H13Cl3N2O5/c22-16-10-17(23)19(31-21(28)13-7-4-8-14(9-13)26(29)30)15(18(16)24)11-25-20(27)12-5-2-1-3-6-12/h1-10H,11H2,(H,25,27). The summed E-state index contributed by atoms with van der Waals surface area (Å²) in [4.78, 5) is 35.3. The number of rotatable bonds is 6. The fourth-order valence-electron chi connectivity index (χ4n) is 2.65. The Morgan fingerprint density at radius 3 is 2.29 bits per heavy atom. The van der Waals surface area contributed by atoms with Crippen LogP contribution in [-0.4, -0.2) is 16.8 Å². The van der Waals surface area contributed by atoms with E-state index in [1.807, 2.05) is 0 Å². The van der Waals surface area contributed by atoms with Crippen molar-refractivity contribution in [3.63, 3.8) is 0 Å². The predicted octanol–water partition coefficient (Wildman–Crippen LogP) is 5.70. The molecule has 0 unspecified atom stereocenters. The van der Waals surface area contributed by atoms with Gasteiger partial charge in [0.25, 0.3) is 11.6 Å². The molecule has 3 aromatic carbocycles. The maximum atomic E-state index is 12.6. The highest BCUT2D eigenvalue weighted by Crippen LogP contribution is 2.39. The molecule has 0 heterocycles. The maximum Gasteiger partial charge on any atom is 0.343 e. The summed E-state index contributed by atoms with van der Waals surface area (Å²) in [5.74, 6) is -1.38. The molecule has 0 fully saturated rings. The van der Waals surface area contributed by atoms with Crippen molar-refractivity contribution in [3.05, 3.63) is 103 Å². The first-order chi connectivity index (χ1) is 14.8. The largest absolute Gasteiger partial charge is 0.421 e. The molecule has 0 bridgehead atoms.